The Morgan fingerprint density at radius 3 is 0.927 bits per heavy atom. The molecule has 0 aromatic carbocycles. The van der Waals surface area contributed by atoms with Crippen LogP contribution in [-0.2, 0) is 76.0 Å². The Morgan fingerprint density at radius 2 is 0.620 bits per heavy atom. The van der Waals surface area contributed by atoms with E-state index in [2.05, 4.69) is 59.1 Å². The summed E-state index contributed by atoms with van der Waals surface area (Å²) in [5, 5.41) is 43.5. The van der Waals surface area contributed by atoms with Crippen LogP contribution in [0.3, 0.4) is 0 Å². The van der Waals surface area contributed by atoms with Gasteiger partial charge in [0, 0.05) is 0 Å². The van der Waals surface area contributed by atoms with Gasteiger partial charge in [-0.2, -0.15) is 14.3 Å². The Hall–Kier alpha value is -3.68. The second-order valence-corrected chi connectivity index (χ2v) is 44.2. The fourth-order valence-corrected chi connectivity index (χ4v) is 20.2. The van der Waals surface area contributed by atoms with E-state index in [1.807, 2.05) is 48.5 Å². The van der Waals surface area contributed by atoms with Crippen LogP contribution >= 0.6 is 8.17 Å². The first-order valence-electron chi connectivity index (χ1n) is 56.9. The Morgan fingerprint density at radius 1 is 0.358 bits per heavy atom. The number of hydrogen-bond donors (Lipinski definition) is 7. The van der Waals surface area contributed by atoms with Gasteiger partial charge in [-0.3, -0.25) is 33.6 Å². The maximum atomic E-state index is 15.8. The van der Waals surface area contributed by atoms with Gasteiger partial charge in [-0.25, -0.2) is 0 Å². The standard InChI is InChI=1S/C112H211N2O22P/c1-18-25-32-39-46-48-49-51-58-65-71-78-90(13)106(121)130-94(86(9)74-67-60-53-42-35-28-21-4)81-98(116)113-111(16)104(134-100(118)80-93(115)85(8)73-66-59-52-41-34-27-20-3)102(120)97(133-109(111)124)84-128-110-112(17,114-99(117)82-95(87(10)75-68-61-54-43-36-29-22-5)131-107(122)89(12)77-70-63-56-45-38-31-24-7)105(103(92(15)129-110)136-137(125,126)127)135-101(119)83-96(88(11)76-69-62-55-44-37-30-23-6)132-108(123)91(14)79-72-64-57-50-47-40-33-26-19-2/h85-97,102-105,109-110,115,120,124H,18-84H2,1-17H3,(H,113,116)(H,114,117)(H2,125,126,127). The van der Waals surface area contributed by atoms with E-state index in [0.29, 0.717) is 44.9 Å². The molecule has 0 radical (unpaired) electrons. The number of phosphoric acid groups is 1. The highest BCUT2D eigenvalue weighted by Crippen LogP contribution is 2.48. The number of rotatable bonds is 89. The van der Waals surface area contributed by atoms with E-state index in [4.69, 9.17) is 42.4 Å². The molecule has 0 saturated carbocycles. The van der Waals surface area contributed by atoms with Gasteiger partial charge in [0.25, 0.3) is 0 Å². The molecular weight excluding hydrogens is 1760 g/mol. The third-order valence-electron chi connectivity index (χ3n) is 29.6. The number of aliphatic hydroxyl groups excluding tert-OH is 3. The van der Waals surface area contributed by atoms with Crippen molar-refractivity contribution in [2.45, 2.75) is 626 Å². The zero-order valence-corrected chi connectivity index (χ0v) is 91.4. The van der Waals surface area contributed by atoms with E-state index >= 15 is 14.4 Å². The zero-order valence-electron chi connectivity index (χ0n) is 90.5. The summed E-state index contributed by atoms with van der Waals surface area (Å²) in [5.41, 5.74) is -4.47. The molecule has 0 aromatic heterocycles. The Kier molecular flexibility index (Phi) is 74.3. The number of carbonyl (C=O) groups is 7. The molecule has 2 rings (SSSR count). The molecule has 0 aliphatic carbocycles. The number of unbranched alkanes of at least 4 members (excludes halogenated alkanes) is 48. The summed E-state index contributed by atoms with van der Waals surface area (Å²) in [6.07, 6.45) is 42.3. The first-order valence-corrected chi connectivity index (χ1v) is 58.5. The zero-order chi connectivity index (χ0) is 102. The highest BCUT2D eigenvalue weighted by atomic mass is 31.2. The van der Waals surface area contributed by atoms with Crippen LogP contribution in [0.25, 0.3) is 0 Å². The number of aliphatic hydroxyl groups is 3. The highest BCUT2D eigenvalue weighted by molar-refractivity contribution is 7.51. The van der Waals surface area contributed by atoms with E-state index < -0.39 is 178 Å². The maximum Gasteiger partial charge on any atom is 0.374 e. The minimum atomic E-state index is -5.59. The summed E-state index contributed by atoms with van der Waals surface area (Å²) in [6.45, 7) is 31.9. The first-order chi connectivity index (χ1) is 65.6. The van der Waals surface area contributed by atoms with Crippen molar-refractivity contribution in [3.63, 3.8) is 0 Å². The average Bonchev–Trinajstić information content (AvgIpc) is 0.722. The van der Waals surface area contributed by atoms with Crippen LogP contribution in [0.1, 0.15) is 541 Å². The lowest BCUT2D eigenvalue weighted by Gasteiger charge is -2.52. The summed E-state index contributed by atoms with van der Waals surface area (Å²) >= 11 is 0. The molecule has 2 fully saturated rings. The lowest BCUT2D eigenvalue weighted by molar-refractivity contribution is -0.323. The summed E-state index contributed by atoms with van der Waals surface area (Å²) in [7, 11) is -5.59. The third kappa shape index (κ3) is 57.7. The molecule has 24 nitrogen and oxygen atoms in total. The van der Waals surface area contributed by atoms with Crippen molar-refractivity contribution in [3.05, 3.63) is 0 Å². The molecular formula is C112H211N2O22P. The summed E-state index contributed by atoms with van der Waals surface area (Å²) in [6, 6.07) is 0. The Labute approximate surface area is 836 Å². The molecule has 0 bridgehead atoms. The lowest BCUT2D eigenvalue weighted by Crippen LogP contribution is -2.74. The Balaban J connectivity index is 3.01. The predicted octanol–water partition coefficient (Wildman–Crippen LogP) is 26.2. The minimum Gasteiger partial charge on any atom is -0.606 e. The minimum absolute atomic E-state index is 0.301. The number of esters is 5. The molecule has 0 aromatic rings. The van der Waals surface area contributed by atoms with Crippen molar-refractivity contribution < 1.29 is 106 Å². The summed E-state index contributed by atoms with van der Waals surface area (Å²) < 4.78 is 57.7. The molecule has 2 heterocycles. The molecule has 21 unspecified atom stereocenters. The van der Waals surface area contributed by atoms with E-state index in [0.717, 1.165) is 270 Å². The smallest absolute Gasteiger partial charge is 0.374 e. The molecule has 7 N–H and O–H groups in total. The van der Waals surface area contributed by atoms with Crippen molar-refractivity contribution >= 4 is 49.8 Å². The van der Waals surface area contributed by atoms with Crippen LogP contribution in [0.5, 0.6) is 0 Å². The summed E-state index contributed by atoms with van der Waals surface area (Å²) in [5.74, 6) is -7.75. The van der Waals surface area contributed by atoms with Crippen LogP contribution in [0.15, 0.2) is 0 Å². The molecule has 2 aliphatic heterocycles. The van der Waals surface area contributed by atoms with Gasteiger partial charge >= 0.3 is 38.0 Å². The van der Waals surface area contributed by atoms with Gasteiger partial charge in [-0.15, -0.1) is 0 Å². The first kappa shape index (κ1) is 129. The van der Waals surface area contributed by atoms with Gasteiger partial charge in [-0.05, 0) is 89.4 Å². The van der Waals surface area contributed by atoms with Gasteiger partial charge < -0.3 is 68.7 Å². The van der Waals surface area contributed by atoms with E-state index in [9.17, 15) is 49.2 Å². The van der Waals surface area contributed by atoms with Crippen LogP contribution in [0, 0.1) is 41.4 Å². The van der Waals surface area contributed by atoms with Gasteiger partial charge in [0.05, 0.1) is 62.3 Å². The molecule has 806 valence electrons. The van der Waals surface area contributed by atoms with Crippen molar-refractivity contribution in [2.24, 2.45) is 41.4 Å². The van der Waals surface area contributed by atoms with Crippen molar-refractivity contribution in [2.75, 3.05) is 6.61 Å². The molecule has 2 amide bonds. The number of ether oxygens (including phenoxy) is 8. The molecule has 2 aliphatic rings. The highest BCUT2D eigenvalue weighted by Gasteiger charge is 2.62. The molecule has 2 saturated heterocycles. The summed E-state index contributed by atoms with van der Waals surface area (Å²) in [4.78, 5) is 140. The van der Waals surface area contributed by atoms with Gasteiger partial charge in [0.15, 0.2) is 30.9 Å². The quantitative estimate of drug-likeness (QED) is 0.0129. The van der Waals surface area contributed by atoms with E-state index in [1.54, 1.807) is 0 Å². The Bertz CT molecular complexity index is 3040. The van der Waals surface area contributed by atoms with Crippen molar-refractivity contribution in [3.8, 4) is 0 Å². The van der Waals surface area contributed by atoms with Gasteiger partial charge in [-0.1, -0.05) is 450 Å². The van der Waals surface area contributed by atoms with Crippen molar-refractivity contribution in [1.82, 2.24) is 10.6 Å². The fourth-order valence-electron chi connectivity index (χ4n) is 19.6. The lowest BCUT2D eigenvalue weighted by atomic mass is 9.83. The predicted molar refractivity (Wildman–Crippen MR) is 550 cm³/mol. The largest absolute Gasteiger partial charge is 0.606 e. The maximum absolute atomic E-state index is 15.8. The van der Waals surface area contributed by atoms with Gasteiger partial charge in [0.1, 0.15) is 41.6 Å². The fraction of sp³-hybridized carbons (Fsp3) is 0.938. The van der Waals surface area contributed by atoms with Gasteiger partial charge in [0.2, 0.25) is 11.8 Å². The SMILES string of the molecule is CCCCCCCCCCCCCC(C)C(=O)OC(CC(=O)NC1(C)C(O)OC(COC2OC(C)C(O[P+]([O-])(O)O)C(OC(=O)CC(OC(=O)C(C)CCCCCCCCCCC)C(C)CCCCCCCCC)C2(C)NC(=O)CC(OC(=O)C(C)CCCCCCCCC)C(C)CCCCCCCCC)C(O)C1OC(=O)CC(O)C(C)CCCCCCCCC)C(C)CCCCCCCCC. The molecule has 21 atom stereocenters. The second-order valence-electron chi connectivity index (χ2n) is 43.0. The second kappa shape index (κ2) is 78.7. The topological polar surface area (TPSA) is 351 Å². The number of phosphoric ester groups is 1. The number of nitrogens with one attached hydrogen (secondary N) is 2. The molecule has 25 heteroatoms. The molecule has 137 heavy (non-hydrogen) atoms. The normalized spacial score (nSPS) is 22.1. The van der Waals surface area contributed by atoms with Crippen molar-refractivity contribution in [1.29, 1.82) is 0 Å². The average molecular weight is 1970 g/mol. The van der Waals surface area contributed by atoms with E-state index in [1.165, 1.54) is 104 Å². The number of amides is 2. The van der Waals surface area contributed by atoms with Crippen LogP contribution in [-0.4, -0.2) is 158 Å². The van der Waals surface area contributed by atoms with Crippen LogP contribution < -0.4 is 15.5 Å². The van der Waals surface area contributed by atoms with Crippen LogP contribution in [0.2, 0.25) is 0 Å². The number of carbonyl (C=O) groups excluding carboxylic acids is 7. The van der Waals surface area contributed by atoms with E-state index in [-0.39, 0.29) is 30.1 Å². The van der Waals surface area contributed by atoms with Crippen LogP contribution in [0.4, 0.5) is 0 Å². The monoisotopic (exact) mass is 1970 g/mol. The molecule has 0 spiro atoms. The number of hydrogen-bond acceptors (Lipinski definition) is 22. The third-order valence-corrected chi connectivity index (χ3v) is 30.2.